The minimum absolute atomic E-state index is 0.333. The lowest BCUT2D eigenvalue weighted by Crippen LogP contribution is -2.29. The molecule has 0 spiro atoms. The van der Waals surface area contributed by atoms with Gasteiger partial charge in [0.05, 0.1) is 11.0 Å². The maximum Gasteiger partial charge on any atom is 0.262 e. The first kappa shape index (κ1) is 27.6. The molecule has 0 fully saturated rings. The second-order valence-corrected chi connectivity index (χ2v) is 11.2. The van der Waals surface area contributed by atoms with Crippen LogP contribution in [0.1, 0.15) is 28.3 Å². The van der Waals surface area contributed by atoms with E-state index in [9.17, 15) is 4.79 Å². The number of hydrogen-bond donors (Lipinski definition) is 1. The molecule has 3 aromatic heterocycles. The van der Waals surface area contributed by atoms with Crippen molar-refractivity contribution >= 4 is 45.8 Å². The molecule has 0 saturated carbocycles. The topological polar surface area (TPSA) is 102 Å². The van der Waals surface area contributed by atoms with Crippen molar-refractivity contribution in [3.05, 3.63) is 82.7 Å². The van der Waals surface area contributed by atoms with Gasteiger partial charge in [-0.05, 0) is 44.8 Å². The molecule has 0 aliphatic heterocycles. The van der Waals surface area contributed by atoms with E-state index in [1.54, 1.807) is 6.33 Å². The molecule has 3 heterocycles. The number of imidazole rings is 1. The zero-order valence-electron chi connectivity index (χ0n) is 22.7. The number of nitrogens with two attached hydrogens (primary N) is 1. The smallest absolute Gasteiger partial charge is 0.262 e. The number of rotatable bonds is 10. The summed E-state index contributed by atoms with van der Waals surface area (Å²) in [7, 11) is 6.07. The number of ether oxygens (including phenoxy) is 1. The van der Waals surface area contributed by atoms with Crippen LogP contribution in [-0.2, 0) is 0 Å². The number of benzene rings is 2. The summed E-state index contributed by atoms with van der Waals surface area (Å²) in [5.41, 5.74) is 10.1. The number of carbonyl (C=O) groups excluding carboxylic acids is 1. The normalized spacial score (nSPS) is 12.2. The van der Waals surface area contributed by atoms with Gasteiger partial charge in [-0.1, -0.05) is 35.9 Å². The summed E-state index contributed by atoms with van der Waals surface area (Å²) in [5, 5.41) is 1.36. The Morgan fingerprint density at radius 1 is 1.05 bits per heavy atom. The maximum absolute atomic E-state index is 12.3. The molecule has 0 bridgehead atoms. The van der Waals surface area contributed by atoms with Gasteiger partial charge in [-0.2, -0.15) is 0 Å². The maximum atomic E-state index is 12.3. The fraction of sp³-hybridized carbons (Fsp3) is 0.241. The van der Waals surface area contributed by atoms with Crippen LogP contribution in [0.25, 0.3) is 27.2 Å². The van der Waals surface area contributed by atoms with E-state index in [2.05, 4.69) is 19.9 Å². The lowest BCUT2D eigenvalue weighted by molar-refractivity contribution is 0.0998. The number of anilines is 1. The second kappa shape index (κ2) is 11.6. The lowest BCUT2D eigenvalue weighted by Gasteiger charge is -2.19. The van der Waals surface area contributed by atoms with Crippen LogP contribution in [0.5, 0.6) is 5.75 Å². The molecule has 2 aromatic carbocycles. The van der Waals surface area contributed by atoms with Gasteiger partial charge in [0.1, 0.15) is 28.1 Å². The third-order valence-electron chi connectivity index (χ3n) is 6.54. The first-order chi connectivity index (χ1) is 19.2. The molecule has 2 N–H and O–H groups in total. The van der Waals surface area contributed by atoms with E-state index in [1.165, 1.54) is 11.3 Å². The number of fused-ring (bicyclic) bond motifs is 1. The number of halogens is 1. The third kappa shape index (κ3) is 5.79. The Morgan fingerprint density at radius 3 is 2.50 bits per heavy atom. The zero-order chi connectivity index (χ0) is 28.4. The molecular weight excluding hydrogens is 546 g/mol. The van der Waals surface area contributed by atoms with Gasteiger partial charge in [0.25, 0.3) is 5.91 Å². The van der Waals surface area contributed by atoms with E-state index in [4.69, 9.17) is 22.1 Å². The lowest BCUT2D eigenvalue weighted by atomic mass is 10.1. The summed E-state index contributed by atoms with van der Waals surface area (Å²) < 4.78 is 8.09. The fourth-order valence-electron chi connectivity index (χ4n) is 4.28. The van der Waals surface area contributed by atoms with Crippen LogP contribution in [0.3, 0.4) is 0 Å². The van der Waals surface area contributed by atoms with Gasteiger partial charge in [0, 0.05) is 54.7 Å². The molecular formula is C29H30ClN7O2S. The first-order valence-corrected chi connectivity index (χ1v) is 13.9. The molecule has 0 aliphatic rings. The van der Waals surface area contributed by atoms with Crippen molar-refractivity contribution in [1.82, 2.24) is 24.4 Å². The molecule has 9 nitrogen and oxygen atoms in total. The minimum Gasteiger partial charge on any atom is -0.484 e. The molecule has 5 rings (SSSR count). The molecule has 40 heavy (non-hydrogen) atoms. The molecule has 0 radical (unpaired) electrons. The van der Waals surface area contributed by atoms with E-state index < -0.39 is 5.91 Å². The Bertz CT molecular complexity index is 1650. The summed E-state index contributed by atoms with van der Waals surface area (Å²) in [6.45, 7) is 3.64. The van der Waals surface area contributed by atoms with Gasteiger partial charge < -0.3 is 20.3 Å². The van der Waals surface area contributed by atoms with Crippen molar-refractivity contribution in [2.75, 3.05) is 39.1 Å². The highest BCUT2D eigenvalue weighted by molar-refractivity contribution is 7.16. The van der Waals surface area contributed by atoms with Gasteiger partial charge in [-0.15, -0.1) is 11.3 Å². The minimum atomic E-state index is -0.555. The highest BCUT2D eigenvalue weighted by atomic mass is 35.5. The quantitative estimate of drug-likeness (QED) is 0.237. The molecule has 0 aliphatic carbocycles. The SMILES string of the molecule is C[C@@H](Oc1cc(-n2cnc3cc(-c4cnc(N(C)CCN(C)C)nc4)ccc32)sc1C(N)=O)c1ccccc1Cl. The van der Waals surface area contributed by atoms with Crippen LogP contribution in [0.15, 0.2) is 67.3 Å². The fourth-order valence-corrected chi connectivity index (χ4v) is 5.50. The molecule has 1 atom stereocenters. The highest BCUT2D eigenvalue weighted by Crippen LogP contribution is 2.37. The van der Waals surface area contributed by atoms with E-state index in [0.29, 0.717) is 21.6 Å². The predicted octanol–water partition coefficient (Wildman–Crippen LogP) is 5.43. The zero-order valence-corrected chi connectivity index (χ0v) is 24.3. The van der Waals surface area contributed by atoms with Crippen molar-refractivity contribution in [2.45, 2.75) is 13.0 Å². The summed E-state index contributed by atoms with van der Waals surface area (Å²) in [5.74, 6) is 0.534. The van der Waals surface area contributed by atoms with Gasteiger partial charge in [0.2, 0.25) is 5.95 Å². The van der Waals surface area contributed by atoms with Crippen LogP contribution in [0.4, 0.5) is 5.95 Å². The number of nitrogens with zero attached hydrogens (tertiary/aromatic N) is 6. The summed E-state index contributed by atoms with van der Waals surface area (Å²) in [6.07, 6.45) is 5.01. The average molecular weight is 576 g/mol. The summed E-state index contributed by atoms with van der Waals surface area (Å²) in [6, 6.07) is 15.3. The molecule has 0 saturated heterocycles. The van der Waals surface area contributed by atoms with Gasteiger partial charge >= 0.3 is 0 Å². The average Bonchev–Trinajstić information content (AvgIpc) is 3.55. The molecule has 11 heteroatoms. The highest BCUT2D eigenvalue weighted by Gasteiger charge is 2.21. The Hall–Kier alpha value is -3.99. The van der Waals surface area contributed by atoms with Gasteiger partial charge in [-0.25, -0.2) is 15.0 Å². The molecule has 1 amide bonds. The van der Waals surface area contributed by atoms with Crippen LogP contribution in [0.2, 0.25) is 5.02 Å². The third-order valence-corrected chi connectivity index (χ3v) is 8.01. The molecule has 206 valence electrons. The van der Waals surface area contributed by atoms with Gasteiger partial charge in [0.15, 0.2) is 0 Å². The number of hydrogen-bond acceptors (Lipinski definition) is 8. The van der Waals surface area contributed by atoms with Crippen molar-refractivity contribution in [3.8, 4) is 21.9 Å². The second-order valence-electron chi connectivity index (χ2n) is 9.74. The van der Waals surface area contributed by atoms with Crippen LogP contribution in [-0.4, -0.2) is 64.6 Å². The summed E-state index contributed by atoms with van der Waals surface area (Å²) >= 11 is 7.60. The monoisotopic (exact) mass is 575 g/mol. The number of likely N-dealkylation sites (N-methyl/N-ethyl adjacent to an activating group) is 2. The van der Waals surface area contributed by atoms with E-state index in [1.807, 2.05) is 98.5 Å². The van der Waals surface area contributed by atoms with Crippen LogP contribution < -0.4 is 15.4 Å². The number of primary amides is 1. The standard InChI is InChI=1S/C29H30ClN7O2S/c1-18(21-7-5-6-8-22(21)30)39-25-14-26(40-27(25)28(31)38)37-17-34-23-13-19(9-10-24(23)37)20-15-32-29(33-16-20)36(4)12-11-35(2)3/h5-10,13-18H,11-12H2,1-4H3,(H2,31,38)/t18-/m1/s1. The molecule has 5 aromatic rings. The number of amides is 1. The van der Waals surface area contributed by atoms with Crippen molar-refractivity contribution in [2.24, 2.45) is 5.73 Å². The van der Waals surface area contributed by atoms with E-state index in [-0.39, 0.29) is 6.10 Å². The Morgan fingerprint density at radius 2 is 1.80 bits per heavy atom. The van der Waals surface area contributed by atoms with Crippen molar-refractivity contribution < 1.29 is 9.53 Å². The Kier molecular flexibility index (Phi) is 8.02. The Labute approximate surface area is 241 Å². The number of carbonyl (C=O) groups is 1. The largest absolute Gasteiger partial charge is 0.484 e. The summed E-state index contributed by atoms with van der Waals surface area (Å²) in [4.78, 5) is 30.5. The molecule has 0 unspecified atom stereocenters. The predicted molar refractivity (Wildman–Crippen MR) is 161 cm³/mol. The van der Waals surface area contributed by atoms with Crippen LogP contribution >= 0.6 is 22.9 Å². The van der Waals surface area contributed by atoms with Crippen molar-refractivity contribution in [1.29, 1.82) is 0 Å². The van der Waals surface area contributed by atoms with Crippen molar-refractivity contribution in [3.63, 3.8) is 0 Å². The first-order valence-electron chi connectivity index (χ1n) is 12.7. The van der Waals surface area contributed by atoms with Gasteiger partial charge in [-0.3, -0.25) is 9.36 Å². The Balaban J connectivity index is 1.40. The van der Waals surface area contributed by atoms with Crippen LogP contribution in [0, 0.1) is 0 Å². The number of aromatic nitrogens is 4. The van der Waals surface area contributed by atoms with E-state index in [0.717, 1.165) is 45.8 Å². The number of thiophene rings is 1. The van der Waals surface area contributed by atoms with E-state index >= 15 is 0 Å².